The minimum Gasteiger partial charge on any atom is -0.449 e. The van der Waals surface area contributed by atoms with Crippen LogP contribution in [0, 0.1) is 18.7 Å². The molecule has 0 spiro atoms. The first-order valence-corrected chi connectivity index (χ1v) is 9.63. The van der Waals surface area contributed by atoms with E-state index < -0.39 is 6.09 Å². The molecule has 2 unspecified atom stereocenters. The van der Waals surface area contributed by atoms with Gasteiger partial charge in [-0.25, -0.2) is 9.18 Å². The number of nitrogens with one attached hydrogen (secondary N) is 2. The summed E-state index contributed by atoms with van der Waals surface area (Å²) in [6.07, 6.45) is 4.09. The third kappa shape index (κ3) is 4.30. The lowest BCUT2D eigenvalue weighted by Crippen LogP contribution is -2.39. The molecule has 2 bridgehead atoms. The van der Waals surface area contributed by atoms with Crippen molar-refractivity contribution in [3.63, 3.8) is 0 Å². The molecule has 2 heterocycles. The number of carbonyl (C=O) groups is 1. The fourth-order valence-corrected chi connectivity index (χ4v) is 4.33. The summed E-state index contributed by atoms with van der Waals surface area (Å²) in [5, 5.41) is 6.38. The van der Waals surface area contributed by atoms with Crippen LogP contribution in [0.4, 0.5) is 14.9 Å². The topological polar surface area (TPSA) is 50.4 Å². The van der Waals surface area contributed by atoms with E-state index in [1.54, 1.807) is 6.07 Å². The van der Waals surface area contributed by atoms with Crippen molar-refractivity contribution in [3.8, 4) is 11.1 Å². The van der Waals surface area contributed by atoms with E-state index in [4.69, 9.17) is 4.74 Å². The summed E-state index contributed by atoms with van der Waals surface area (Å²) in [4.78, 5) is 12.3. The van der Waals surface area contributed by atoms with E-state index in [-0.39, 0.29) is 5.82 Å². The van der Waals surface area contributed by atoms with Gasteiger partial charge in [-0.15, -0.1) is 0 Å². The van der Waals surface area contributed by atoms with Gasteiger partial charge in [0.2, 0.25) is 0 Å². The Kier molecular flexibility index (Phi) is 5.12. The SMILES string of the molecule is Cc1cccc(-c2cc(F)ccc2NC(=O)OCC2CC3CCC(C2)N3)c1. The van der Waals surface area contributed by atoms with Gasteiger partial charge < -0.3 is 10.1 Å². The zero-order chi connectivity index (χ0) is 18.8. The number of rotatable bonds is 4. The van der Waals surface area contributed by atoms with Crippen molar-refractivity contribution in [2.75, 3.05) is 11.9 Å². The molecule has 4 rings (SSSR count). The molecule has 0 aromatic heterocycles. The van der Waals surface area contributed by atoms with Crippen molar-refractivity contribution in [1.29, 1.82) is 0 Å². The minimum absolute atomic E-state index is 0.337. The van der Waals surface area contributed by atoms with Crippen molar-refractivity contribution < 1.29 is 13.9 Å². The van der Waals surface area contributed by atoms with Crippen LogP contribution in [0.1, 0.15) is 31.2 Å². The highest BCUT2D eigenvalue weighted by Crippen LogP contribution is 2.32. The molecule has 0 radical (unpaired) electrons. The number of aryl methyl sites for hydroxylation is 1. The number of carbonyl (C=O) groups excluding carboxylic acids is 1. The summed E-state index contributed by atoms with van der Waals surface area (Å²) < 4.78 is 19.3. The Morgan fingerprint density at radius 1 is 1.19 bits per heavy atom. The highest BCUT2D eigenvalue weighted by Gasteiger charge is 2.33. The second-order valence-corrected chi connectivity index (χ2v) is 7.76. The average Bonchev–Trinajstić information content (AvgIpc) is 2.99. The molecule has 0 aliphatic carbocycles. The number of anilines is 1. The Bertz CT molecular complexity index is 827. The van der Waals surface area contributed by atoms with E-state index >= 15 is 0 Å². The first-order valence-electron chi connectivity index (χ1n) is 9.63. The fourth-order valence-electron chi connectivity index (χ4n) is 4.33. The second-order valence-electron chi connectivity index (χ2n) is 7.76. The monoisotopic (exact) mass is 368 g/mol. The second kappa shape index (κ2) is 7.69. The molecule has 2 N–H and O–H groups in total. The molecule has 2 atom stereocenters. The van der Waals surface area contributed by atoms with Gasteiger partial charge in [-0.05, 0) is 62.3 Å². The molecule has 2 fully saturated rings. The predicted octanol–water partition coefficient (Wildman–Crippen LogP) is 4.88. The lowest BCUT2D eigenvalue weighted by atomic mass is 9.93. The van der Waals surface area contributed by atoms with E-state index in [2.05, 4.69) is 10.6 Å². The zero-order valence-corrected chi connectivity index (χ0v) is 15.5. The van der Waals surface area contributed by atoms with Crippen LogP contribution in [0.3, 0.4) is 0 Å². The van der Waals surface area contributed by atoms with Crippen molar-refractivity contribution >= 4 is 11.8 Å². The molecule has 2 aliphatic heterocycles. The van der Waals surface area contributed by atoms with Crippen molar-refractivity contribution in [2.45, 2.75) is 44.7 Å². The number of hydrogen-bond acceptors (Lipinski definition) is 3. The zero-order valence-electron chi connectivity index (χ0n) is 15.5. The third-order valence-electron chi connectivity index (χ3n) is 5.57. The first-order chi connectivity index (χ1) is 13.1. The molecule has 142 valence electrons. The van der Waals surface area contributed by atoms with Crippen molar-refractivity contribution in [3.05, 3.63) is 53.8 Å². The highest BCUT2D eigenvalue weighted by molar-refractivity contribution is 5.91. The van der Waals surface area contributed by atoms with Crippen LogP contribution in [-0.2, 0) is 4.74 Å². The quantitative estimate of drug-likeness (QED) is 0.809. The first kappa shape index (κ1) is 18.0. The number of fused-ring (bicyclic) bond motifs is 2. The van der Waals surface area contributed by atoms with Gasteiger partial charge in [0.05, 0.1) is 12.3 Å². The van der Waals surface area contributed by atoms with E-state index in [0.29, 0.717) is 35.9 Å². The van der Waals surface area contributed by atoms with Crippen molar-refractivity contribution in [2.24, 2.45) is 5.92 Å². The molecular formula is C22H25FN2O2. The summed E-state index contributed by atoms with van der Waals surface area (Å²) in [7, 11) is 0. The molecule has 27 heavy (non-hydrogen) atoms. The normalized spacial score (nSPS) is 23.9. The Morgan fingerprint density at radius 3 is 2.70 bits per heavy atom. The Morgan fingerprint density at radius 2 is 1.96 bits per heavy atom. The minimum atomic E-state index is -0.485. The summed E-state index contributed by atoms with van der Waals surface area (Å²) in [5.74, 6) is 0.0783. The standard InChI is InChI=1S/C22H25FN2O2/c1-14-3-2-4-16(9-14)20-12-17(23)5-8-21(20)25-22(26)27-13-15-10-18-6-7-19(11-15)24-18/h2-5,8-9,12,15,18-19,24H,6-7,10-11,13H2,1H3,(H,25,26). The van der Waals surface area contributed by atoms with E-state index in [1.807, 2.05) is 31.2 Å². The maximum Gasteiger partial charge on any atom is 0.411 e. The van der Waals surface area contributed by atoms with Gasteiger partial charge in [0, 0.05) is 17.6 Å². The van der Waals surface area contributed by atoms with Crippen LogP contribution in [0.5, 0.6) is 0 Å². The van der Waals surface area contributed by atoms with Gasteiger partial charge in [-0.3, -0.25) is 5.32 Å². The van der Waals surface area contributed by atoms with Crippen LogP contribution in [0.25, 0.3) is 11.1 Å². The van der Waals surface area contributed by atoms with Gasteiger partial charge in [0.1, 0.15) is 5.82 Å². The Balaban J connectivity index is 1.42. The molecule has 4 nitrogen and oxygen atoms in total. The molecule has 1 amide bonds. The highest BCUT2D eigenvalue weighted by atomic mass is 19.1. The number of benzene rings is 2. The average molecular weight is 368 g/mol. The molecule has 2 aromatic carbocycles. The van der Waals surface area contributed by atoms with Crippen LogP contribution < -0.4 is 10.6 Å². The predicted molar refractivity (Wildman–Crippen MR) is 104 cm³/mol. The summed E-state index contributed by atoms with van der Waals surface area (Å²) in [6.45, 7) is 2.41. The number of hydrogen-bond donors (Lipinski definition) is 2. The molecule has 2 saturated heterocycles. The van der Waals surface area contributed by atoms with E-state index in [0.717, 1.165) is 24.0 Å². The van der Waals surface area contributed by atoms with Crippen LogP contribution >= 0.6 is 0 Å². The maximum atomic E-state index is 13.8. The number of ether oxygens (including phenoxy) is 1. The van der Waals surface area contributed by atoms with Crippen molar-refractivity contribution in [1.82, 2.24) is 5.32 Å². The summed E-state index contributed by atoms with van der Waals surface area (Å²) >= 11 is 0. The molecular weight excluding hydrogens is 343 g/mol. The number of halogens is 1. The fraction of sp³-hybridized carbons (Fsp3) is 0.409. The summed E-state index contributed by atoms with van der Waals surface area (Å²) in [5.41, 5.74) is 3.14. The molecule has 2 aromatic rings. The van der Waals surface area contributed by atoms with Crippen LogP contribution in [0.2, 0.25) is 0 Å². The van der Waals surface area contributed by atoms with Gasteiger partial charge in [-0.1, -0.05) is 29.8 Å². The molecule has 2 aliphatic rings. The summed E-state index contributed by atoms with van der Waals surface area (Å²) in [6, 6.07) is 13.3. The molecule has 5 heteroatoms. The van der Waals surface area contributed by atoms with Gasteiger partial charge in [0.25, 0.3) is 0 Å². The maximum absolute atomic E-state index is 13.8. The van der Waals surface area contributed by atoms with Gasteiger partial charge in [0.15, 0.2) is 0 Å². The van der Waals surface area contributed by atoms with Crippen LogP contribution in [-0.4, -0.2) is 24.8 Å². The number of amides is 1. The Hall–Kier alpha value is -2.40. The van der Waals surface area contributed by atoms with Gasteiger partial charge in [-0.2, -0.15) is 0 Å². The molecule has 0 saturated carbocycles. The largest absolute Gasteiger partial charge is 0.449 e. The lowest BCUT2D eigenvalue weighted by molar-refractivity contribution is 0.122. The lowest BCUT2D eigenvalue weighted by Gasteiger charge is -2.28. The van der Waals surface area contributed by atoms with Crippen LogP contribution in [0.15, 0.2) is 42.5 Å². The Labute approximate surface area is 159 Å². The third-order valence-corrected chi connectivity index (χ3v) is 5.57. The van der Waals surface area contributed by atoms with E-state index in [9.17, 15) is 9.18 Å². The smallest absolute Gasteiger partial charge is 0.411 e. The van der Waals surface area contributed by atoms with Gasteiger partial charge >= 0.3 is 6.09 Å². The number of piperidine rings is 1. The van der Waals surface area contributed by atoms with E-state index in [1.165, 1.54) is 25.0 Å².